The van der Waals surface area contributed by atoms with Crippen LogP contribution in [0.25, 0.3) is 5.70 Å². The first-order chi connectivity index (χ1) is 17.3. The van der Waals surface area contributed by atoms with Gasteiger partial charge in [-0.15, -0.1) is 11.8 Å². The van der Waals surface area contributed by atoms with Crippen molar-refractivity contribution < 1.29 is 14.0 Å². The van der Waals surface area contributed by atoms with Crippen molar-refractivity contribution in [2.45, 2.75) is 31.1 Å². The quantitative estimate of drug-likeness (QED) is 0.452. The van der Waals surface area contributed by atoms with E-state index in [0.29, 0.717) is 23.4 Å². The fourth-order valence-corrected chi connectivity index (χ4v) is 5.05. The van der Waals surface area contributed by atoms with Gasteiger partial charge in [0.2, 0.25) is 0 Å². The second kappa shape index (κ2) is 9.62. The first-order valence-corrected chi connectivity index (χ1v) is 12.8. The van der Waals surface area contributed by atoms with E-state index in [4.69, 9.17) is 5.73 Å². The number of primary amides is 1. The summed E-state index contributed by atoms with van der Waals surface area (Å²) in [4.78, 5) is 26.2. The molecule has 1 heterocycles. The van der Waals surface area contributed by atoms with E-state index in [1.807, 2.05) is 49.6 Å². The third-order valence-electron chi connectivity index (χ3n) is 6.51. The van der Waals surface area contributed by atoms with Crippen LogP contribution >= 0.6 is 11.8 Å². The van der Waals surface area contributed by atoms with Gasteiger partial charge in [0.05, 0.1) is 11.4 Å². The Kier molecular flexibility index (Phi) is 6.36. The topological polar surface area (TPSA) is 87.8 Å². The second-order valence-corrected chi connectivity index (χ2v) is 9.71. The maximum absolute atomic E-state index is 13.6. The minimum atomic E-state index is -0.580. The average molecular weight is 501 g/mol. The Bertz CT molecular complexity index is 1450. The zero-order chi connectivity index (χ0) is 25.4. The average Bonchev–Trinajstić information content (AvgIpc) is 2.88. The van der Waals surface area contributed by atoms with Crippen LogP contribution < -0.4 is 16.1 Å². The highest BCUT2D eigenvalue weighted by atomic mass is 32.2. The van der Waals surface area contributed by atoms with Crippen LogP contribution in [0.3, 0.4) is 0 Å². The number of fused-ring (bicyclic) bond motifs is 2. The third-order valence-corrected chi connectivity index (χ3v) is 7.24. The van der Waals surface area contributed by atoms with Crippen LogP contribution in [0.4, 0.5) is 15.8 Å². The molecule has 3 aromatic carbocycles. The molecule has 0 unspecified atom stereocenters. The van der Waals surface area contributed by atoms with Gasteiger partial charge < -0.3 is 11.1 Å². The number of hydrazone groups is 1. The SMILES string of the molecule is CSc1ccc(C)c(C(=O)Nc2ccc3c(c2)C2=C(CC3)CC(C(N)=O)=NN2c2ccc(F)cc2)c1. The van der Waals surface area contributed by atoms with Crippen molar-refractivity contribution in [2.24, 2.45) is 10.8 Å². The maximum Gasteiger partial charge on any atom is 0.265 e. The molecule has 2 aliphatic rings. The number of benzene rings is 3. The highest BCUT2D eigenvalue weighted by Crippen LogP contribution is 2.41. The van der Waals surface area contributed by atoms with Crippen LogP contribution in [-0.2, 0) is 11.2 Å². The summed E-state index contributed by atoms with van der Waals surface area (Å²) >= 11 is 1.59. The lowest BCUT2D eigenvalue weighted by Crippen LogP contribution is -2.33. The van der Waals surface area contributed by atoms with E-state index < -0.39 is 5.91 Å². The summed E-state index contributed by atoms with van der Waals surface area (Å²) < 4.78 is 13.6. The van der Waals surface area contributed by atoms with Crippen LogP contribution in [0.1, 0.15) is 39.9 Å². The van der Waals surface area contributed by atoms with Crippen molar-refractivity contribution in [1.82, 2.24) is 0 Å². The molecule has 0 saturated carbocycles. The molecule has 0 spiro atoms. The Labute approximate surface area is 213 Å². The van der Waals surface area contributed by atoms with Crippen LogP contribution in [-0.4, -0.2) is 23.8 Å². The number of amides is 2. The number of aryl methyl sites for hydroxylation is 2. The Morgan fingerprint density at radius 3 is 2.56 bits per heavy atom. The first-order valence-electron chi connectivity index (χ1n) is 11.6. The second-order valence-electron chi connectivity index (χ2n) is 8.84. The fourth-order valence-electron chi connectivity index (χ4n) is 4.61. The third kappa shape index (κ3) is 4.52. The number of allylic oxidation sites excluding steroid dienone is 1. The summed E-state index contributed by atoms with van der Waals surface area (Å²) in [6.45, 7) is 1.92. The molecule has 6 nitrogen and oxygen atoms in total. The monoisotopic (exact) mass is 500 g/mol. The van der Waals surface area contributed by atoms with Crippen LogP contribution in [0.15, 0.2) is 76.2 Å². The molecule has 0 radical (unpaired) electrons. The molecule has 3 aromatic rings. The van der Waals surface area contributed by atoms with E-state index in [1.54, 1.807) is 28.9 Å². The molecule has 0 aromatic heterocycles. The van der Waals surface area contributed by atoms with E-state index in [9.17, 15) is 14.0 Å². The lowest BCUT2D eigenvalue weighted by Gasteiger charge is -2.34. The lowest BCUT2D eigenvalue weighted by molar-refractivity contribution is -0.112. The van der Waals surface area contributed by atoms with Crippen molar-refractivity contribution in [1.29, 1.82) is 0 Å². The van der Waals surface area contributed by atoms with E-state index >= 15 is 0 Å². The fraction of sp³-hybridized carbons (Fsp3) is 0.179. The number of halogens is 1. The molecule has 182 valence electrons. The molecule has 0 bridgehead atoms. The van der Waals surface area contributed by atoms with E-state index in [-0.39, 0.29) is 17.4 Å². The highest BCUT2D eigenvalue weighted by Gasteiger charge is 2.31. The normalized spacial score (nSPS) is 14.6. The zero-order valence-electron chi connectivity index (χ0n) is 20.0. The largest absolute Gasteiger partial charge is 0.364 e. The first kappa shape index (κ1) is 23.8. The Balaban J connectivity index is 1.54. The van der Waals surface area contributed by atoms with Crippen LogP contribution in [0.5, 0.6) is 0 Å². The molecule has 1 aliphatic heterocycles. The van der Waals surface area contributed by atoms with Gasteiger partial charge in [0.25, 0.3) is 11.8 Å². The summed E-state index contributed by atoms with van der Waals surface area (Å²) in [5.41, 5.74) is 12.5. The van der Waals surface area contributed by atoms with Crippen molar-refractivity contribution in [3.05, 3.63) is 94.3 Å². The lowest BCUT2D eigenvalue weighted by atomic mass is 9.85. The van der Waals surface area contributed by atoms with Crippen molar-refractivity contribution in [2.75, 3.05) is 16.6 Å². The van der Waals surface area contributed by atoms with E-state index in [2.05, 4.69) is 10.4 Å². The Hall–Kier alpha value is -3.91. The number of carbonyl (C=O) groups is 2. The Morgan fingerprint density at radius 2 is 1.83 bits per heavy atom. The summed E-state index contributed by atoms with van der Waals surface area (Å²) in [6, 6.07) is 17.6. The number of nitrogens with two attached hydrogens (primary N) is 1. The molecule has 0 fully saturated rings. The molecule has 0 atom stereocenters. The molecule has 8 heteroatoms. The number of rotatable bonds is 5. The predicted octanol–water partition coefficient (Wildman–Crippen LogP) is 5.52. The van der Waals surface area contributed by atoms with Gasteiger partial charge in [-0.1, -0.05) is 12.1 Å². The Morgan fingerprint density at radius 1 is 1.06 bits per heavy atom. The molecular formula is C28H25FN4O2S. The van der Waals surface area contributed by atoms with Gasteiger partial charge in [-0.3, -0.25) is 9.59 Å². The van der Waals surface area contributed by atoms with Gasteiger partial charge in [0.15, 0.2) is 0 Å². The van der Waals surface area contributed by atoms with Gasteiger partial charge in [-0.2, -0.15) is 5.10 Å². The molecule has 0 saturated heterocycles. The van der Waals surface area contributed by atoms with Gasteiger partial charge >= 0.3 is 0 Å². The molecule has 2 amide bonds. The molecule has 3 N–H and O–H groups in total. The molecule has 1 aliphatic carbocycles. The van der Waals surface area contributed by atoms with Gasteiger partial charge in [0, 0.05) is 28.1 Å². The summed E-state index contributed by atoms with van der Waals surface area (Å²) in [5.74, 6) is -1.12. The number of nitrogens with zero attached hydrogens (tertiary/aromatic N) is 2. The van der Waals surface area contributed by atoms with Crippen LogP contribution in [0, 0.1) is 12.7 Å². The predicted molar refractivity (Wildman–Crippen MR) is 143 cm³/mol. The maximum atomic E-state index is 13.6. The van der Waals surface area contributed by atoms with Crippen LogP contribution in [0.2, 0.25) is 0 Å². The van der Waals surface area contributed by atoms with E-state index in [1.165, 1.54) is 12.1 Å². The minimum Gasteiger partial charge on any atom is -0.364 e. The smallest absolute Gasteiger partial charge is 0.265 e. The van der Waals surface area contributed by atoms with E-state index in [0.717, 1.165) is 45.7 Å². The number of nitrogens with one attached hydrogen (secondary N) is 1. The summed E-state index contributed by atoms with van der Waals surface area (Å²) in [7, 11) is 0. The number of hydrogen-bond acceptors (Lipinski definition) is 5. The van der Waals surface area contributed by atoms with Crippen molar-refractivity contribution >= 4 is 46.4 Å². The summed E-state index contributed by atoms with van der Waals surface area (Å²) in [6.07, 6.45) is 3.88. The van der Waals surface area contributed by atoms with Gasteiger partial charge in [-0.05, 0) is 91.3 Å². The minimum absolute atomic E-state index is 0.179. The number of anilines is 2. The standard InChI is InChI=1S/C28H25FN4O2S/c1-16-3-12-22(36-2)15-23(16)28(35)31-20-9-6-17-4-5-18-13-25(27(30)34)32-33(26(18)24(17)14-20)21-10-7-19(29)8-11-21/h3,6-12,14-15H,4-5,13H2,1-2H3,(H2,30,34)(H,31,35). The van der Waals surface area contributed by atoms with Crippen molar-refractivity contribution in [3.8, 4) is 0 Å². The molecule has 36 heavy (non-hydrogen) atoms. The number of thioether (sulfide) groups is 1. The molecule has 5 rings (SSSR count). The summed E-state index contributed by atoms with van der Waals surface area (Å²) in [5, 5.41) is 9.24. The number of hydrogen-bond donors (Lipinski definition) is 2. The molecular weight excluding hydrogens is 475 g/mol. The van der Waals surface area contributed by atoms with Gasteiger partial charge in [-0.25, -0.2) is 9.40 Å². The highest BCUT2D eigenvalue weighted by molar-refractivity contribution is 7.98. The number of carbonyl (C=O) groups excluding carboxylic acids is 2. The van der Waals surface area contributed by atoms with Crippen molar-refractivity contribution in [3.63, 3.8) is 0 Å². The van der Waals surface area contributed by atoms with Gasteiger partial charge in [0.1, 0.15) is 11.5 Å². The zero-order valence-corrected chi connectivity index (χ0v) is 20.8.